The predicted octanol–water partition coefficient (Wildman–Crippen LogP) is 6.05. The number of rotatable bonds is 18. The van der Waals surface area contributed by atoms with E-state index in [0.29, 0.717) is 5.75 Å². The first-order valence-corrected chi connectivity index (χ1v) is 12.7. The van der Waals surface area contributed by atoms with Gasteiger partial charge in [0, 0.05) is 0 Å². The highest BCUT2D eigenvalue weighted by Gasteiger charge is 2.11. The van der Waals surface area contributed by atoms with Gasteiger partial charge in [0.25, 0.3) is 0 Å². The van der Waals surface area contributed by atoms with Gasteiger partial charge in [-0.1, -0.05) is 95.8 Å². The number of aryl methyl sites for hydroxylation is 1. The number of carbonyl (C=O) groups excluding carboxylic acids is 1. The minimum absolute atomic E-state index is 0.257. The maximum absolute atomic E-state index is 11.8. The Labute approximate surface area is 182 Å². The molecule has 0 unspecified atom stereocenters. The Morgan fingerprint density at radius 2 is 1.40 bits per heavy atom. The molecule has 0 aliphatic heterocycles. The van der Waals surface area contributed by atoms with Crippen LogP contribution in [0.15, 0.2) is 24.3 Å². The van der Waals surface area contributed by atoms with Crippen LogP contribution in [0.2, 0.25) is 0 Å². The second-order valence-corrected chi connectivity index (χ2v) is 8.81. The lowest BCUT2D eigenvalue weighted by Crippen LogP contribution is -2.14. The number of ether oxygens (including phenoxy) is 1. The summed E-state index contributed by atoms with van der Waals surface area (Å²) in [5, 5.41) is 0. The zero-order valence-corrected chi connectivity index (χ0v) is 19.1. The number of hydrogen-bond acceptors (Lipinski definition) is 5. The number of hydrogen-bond donors (Lipinski definition) is 1. The first kappa shape index (κ1) is 26.6. The van der Waals surface area contributed by atoms with Crippen LogP contribution in [-0.4, -0.2) is 25.5 Å². The summed E-state index contributed by atoms with van der Waals surface area (Å²) in [5.74, 6) is -0.0989. The van der Waals surface area contributed by atoms with E-state index in [1.165, 1.54) is 64.2 Å². The summed E-state index contributed by atoms with van der Waals surface area (Å²) >= 11 is 0. The third-order valence-electron chi connectivity index (χ3n) is 5.03. The van der Waals surface area contributed by atoms with Gasteiger partial charge in [-0.2, -0.15) is 8.42 Å². The van der Waals surface area contributed by atoms with Gasteiger partial charge in [0.15, 0.2) is 0 Å². The Bertz CT molecular complexity index is 687. The van der Waals surface area contributed by atoms with E-state index in [4.69, 9.17) is 9.29 Å². The van der Waals surface area contributed by atoms with Crippen molar-refractivity contribution in [3.63, 3.8) is 0 Å². The molecule has 1 N–H and O–H groups in total. The molecule has 6 nitrogen and oxygen atoms in total. The summed E-state index contributed by atoms with van der Waals surface area (Å²) in [5.41, 5.74) is 0.966. The molecule has 0 bridgehead atoms. The van der Waals surface area contributed by atoms with Crippen LogP contribution in [0.3, 0.4) is 0 Å². The van der Waals surface area contributed by atoms with Crippen LogP contribution in [0.25, 0.3) is 0 Å². The Morgan fingerprint density at radius 3 is 1.97 bits per heavy atom. The molecular formula is C23H38O6S. The lowest BCUT2D eigenvalue weighted by atomic mass is 10.0. The van der Waals surface area contributed by atoms with E-state index >= 15 is 0 Å². The number of unbranched alkanes of at least 4 members (excludes halogenated alkanes) is 11. The molecule has 0 amide bonds. The zero-order chi connectivity index (χ0) is 22.1. The van der Waals surface area contributed by atoms with E-state index in [1.807, 2.05) is 12.1 Å². The fraction of sp³-hybridized carbons (Fsp3) is 0.696. The van der Waals surface area contributed by atoms with Gasteiger partial charge in [-0.3, -0.25) is 9.35 Å². The van der Waals surface area contributed by atoms with Crippen molar-refractivity contribution < 1.29 is 26.7 Å². The Hall–Kier alpha value is -1.44. The van der Waals surface area contributed by atoms with E-state index < -0.39 is 23.0 Å². The summed E-state index contributed by atoms with van der Waals surface area (Å²) in [7, 11) is -4.54. The molecule has 1 aromatic rings. The van der Waals surface area contributed by atoms with E-state index in [0.717, 1.165) is 24.8 Å². The van der Waals surface area contributed by atoms with E-state index in [2.05, 4.69) is 11.1 Å². The van der Waals surface area contributed by atoms with Gasteiger partial charge in [0.05, 0.1) is 13.0 Å². The van der Waals surface area contributed by atoms with Crippen molar-refractivity contribution in [2.24, 2.45) is 0 Å². The number of esters is 1. The SMILES string of the molecule is CCCCCCCCCCCCCCc1ccccc1OC(=O)CCOS(=O)(=O)O. The average molecular weight is 443 g/mol. The minimum Gasteiger partial charge on any atom is -0.426 e. The van der Waals surface area contributed by atoms with Gasteiger partial charge in [-0.05, 0) is 24.5 Å². The molecule has 0 atom stereocenters. The van der Waals surface area contributed by atoms with Crippen LogP contribution in [0.4, 0.5) is 0 Å². The van der Waals surface area contributed by atoms with Crippen molar-refractivity contribution in [3.8, 4) is 5.75 Å². The highest BCUT2D eigenvalue weighted by molar-refractivity contribution is 7.80. The summed E-state index contributed by atoms with van der Waals surface area (Å²) in [6, 6.07) is 7.38. The van der Waals surface area contributed by atoms with Gasteiger partial charge in [0.2, 0.25) is 0 Å². The smallest absolute Gasteiger partial charge is 0.397 e. The molecular weight excluding hydrogens is 404 g/mol. The molecule has 0 heterocycles. The quantitative estimate of drug-likeness (QED) is 0.129. The molecule has 0 fully saturated rings. The molecule has 30 heavy (non-hydrogen) atoms. The molecule has 0 radical (unpaired) electrons. The molecule has 0 aliphatic carbocycles. The van der Waals surface area contributed by atoms with Crippen LogP contribution in [0.5, 0.6) is 5.75 Å². The predicted molar refractivity (Wildman–Crippen MR) is 119 cm³/mol. The largest absolute Gasteiger partial charge is 0.426 e. The first-order chi connectivity index (χ1) is 14.4. The molecule has 1 aromatic carbocycles. The molecule has 0 spiro atoms. The fourth-order valence-corrected chi connectivity index (χ4v) is 3.66. The summed E-state index contributed by atoms with van der Waals surface area (Å²) in [6.07, 6.45) is 16.1. The van der Waals surface area contributed by atoms with E-state index in [-0.39, 0.29) is 6.42 Å². The first-order valence-electron chi connectivity index (χ1n) is 11.3. The van der Waals surface area contributed by atoms with Crippen LogP contribution < -0.4 is 4.74 Å². The Balaban J connectivity index is 2.16. The van der Waals surface area contributed by atoms with Crippen molar-refractivity contribution >= 4 is 16.4 Å². The van der Waals surface area contributed by atoms with Crippen LogP contribution in [0.1, 0.15) is 96.0 Å². The second kappa shape index (κ2) is 16.3. The number of benzene rings is 1. The zero-order valence-electron chi connectivity index (χ0n) is 18.3. The van der Waals surface area contributed by atoms with Crippen molar-refractivity contribution in [2.75, 3.05) is 6.61 Å². The summed E-state index contributed by atoms with van der Waals surface area (Å²) in [6.45, 7) is 1.80. The maximum Gasteiger partial charge on any atom is 0.397 e. The molecule has 0 saturated heterocycles. The van der Waals surface area contributed by atoms with Crippen molar-refractivity contribution in [1.82, 2.24) is 0 Å². The number of para-hydroxylation sites is 1. The molecule has 0 aliphatic rings. The van der Waals surface area contributed by atoms with Gasteiger partial charge in [-0.15, -0.1) is 0 Å². The normalized spacial score (nSPS) is 11.5. The highest BCUT2D eigenvalue weighted by atomic mass is 32.3. The van der Waals surface area contributed by atoms with Crippen LogP contribution in [0, 0.1) is 0 Å². The summed E-state index contributed by atoms with van der Waals surface area (Å²) in [4.78, 5) is 11.8. The third-order valence-corrected chi connectivity index (χ3v) is 5.50. The molecule has 0 aromatic heterocycles. The third kappa shape index (κ3) is 14.5. The average Bonchev–Trinajstić information content (AvgIpc) is 2.69. The Kier molecular flexibility index (Phi) is 14.4. The number of carbonyl (C=O) groups is 1. The van der Waals surface area contributed by atoms with E-state index in [1.54, 1.807) is 12.1 Å². The van der Waals surface area contributed by atoms with Gasteiger partial charge >= 0.3 is 16.4 Å². The molecule has 0 saturated carbocycles. The fourth-order valence-electron chi connectivity index (χ4n) is 3.37. The molecule has 172 valence electrons. The second-order valence-electron chi connectivity index (χ2n) is 7.72. The standard InChI is InChI=1S/C23H38O6S/c1-2-3-4-5-6-7-8-9-10-11-12-13-16-21-17-14-15-18-22(21)29-23(24)19-20-28-30(25,26)27/h14-15,17-18H,2-13,16,19-20H2,1H3,(H,25,26,27). The molecule has 1 rings (SSSR count). The minimum atomic E-state index is -4.54. The van der Waals surface area contributed by atoms with E-state index in [9.17, 15) is 13.2 Å². The maximum atomic E-state index is 11.8. The van der Waals surface area contributed by atoms with Crippen molar-refractivity contribution in [3.05, 3.63) is 29.8 Å². The van der Waals surface area contributed by atoms with Crippen LogP contribution >= 0.6 is 0 Å². The van der Waals surface area contributed by atoms with Crippen LogP contribution in [-0.2, 0) is 25.8 Å². The van der Waals surface area contributed by atoms with Crippen molar-refractivity contribution in [2.45, 2.75) is 96.8 Å². The summed E-state index contributed by atoms with van der Waals surface area (Å²) < 4.78 is 39.0. The topological polar surface area (TPSA) is 89.9 Å². The Morgan fingerprint density at radius 1 is 0.867 bits per heavy atom. The monoisotopic (exact) mass is 442 g/mol. The van der Waals surface area contributed by atoms with Gasteiger partial charge < -0.3 is 4.74 Å². The van der Waals surface area contributed by atoms with Gasteiger partial charge in [0.1, 0.15) is 5.75 Å². The van der Waals surface area contributed by atoms with Crippen molar-refractivity contribution in [1.29, 1.82) is 0 Å². The lowest BCUT2D eigenvalue weighted by molar-refractivity contribution is -0.134. The molecule has 7 heteroatoms. The highest BCUT2D eigenvalue weighted by Crippen LogP contribution is 2.21. The lowest BCUT2D eigenvalue weighted by Gasteiger charge is -2.10. The van der Waals surface area contributed by atoms with Gasteiger partial charge in [-0.25, -0.2) is 4.18 Å².